The summed E-state index contributed by atoms with van der Waals surface area (Å²) in [7, 11) is 0. The summed E-state index contributed by atoms with van der Waals surface area (Å²) in [6.45, 7) is -0.0809. The van der Waals surface area contributed by atoms with E-state index in [1.165, 1.54) is 0 Å². The van der Waals surface area contributed by atoms with Crippen LogP contribution in [0.15, 0.2) is 12.1 Å². The Balaban J connectivity index is 1.89. The summed E-state index contributed by atoms with van der Waals surface area (Å²) < 4.78 is 27.1. The van der Waals surface area contributed by atoms with Crippen LogP contribution in [-0.4, -0.2) is 29.6 Å². The maximum absolute atomic E-state index is 13.5. The van der Waals surface area contributed by atoms with Gasteiger partial charge in [0.15, 0.2) is 11.6 Å². The lowest BCUT2D eigenvalue weighted by atomic mass is 10.0. The van der Waals surface area contributed by atoms with Gasteiger partial charge in [0.05, 0.1) is 6.10 Å². The summed E-state index contributed by atoms with van der Waals surface area (Å²) in [4.78, 5) is 23.3. The summed E-state index contributed by atoms with van der Waals surface area (Å²) in [5.74, 6) is -4.35. The van der Waals surface area contributed by atoms with Gasteiger partial charge in [0.25, 0.3) is 0 Å². The third-order valence-electron chi connectivity index (χ3n) is 3.87. The van der Waals surface area contributed by atoms with E-state index in [1.54, 1.807) is 0 Å². The van der Waals surface area contributed by atoms with Gasteiger partial charge >= 0.3 is 11.8 Å². The highest BCUT2D eigenvalue weighted by molar-refractivity contribution is 6.39. The lowest BCUT2D eigenvalue weighted by Gasteiger charge is -2.17. The van der Waals surface area contributed by atoms with E-state index >= 15 is 0 Å². The Morgan fingerprint density at radius 2 is 1.78 bits per heavy atom. The molecule has 1 fully saturated rings. The smallest absolute Gasteiger partial charge is 0.313 e. The number of hydrogen-bond acceptors (Lipinski definition) is 3. The Morgan fingerprint density at radius 1 is 1.22 bits per heavy atom. The van der Waals surface area contributed by atoms with Crippen LogP contribution in [-0.2, 0) is 9.59 Å². The number of halogens is 3. The molecule has 1 unspecified atom stereocenters. The molecule has 8 heteroatoms. The van der Waals surface area contributed by atoms with E-state index < -0.39 is 35.2 Å². The van der Waals surface area contributed by atoms with Crippen LogP contribution in [0.25, 0.3) is 0 Å². The molecule has 23 heavy (non-hydrogen) atoms. The van der Waals surface area contributed by atoms with Gasteiger partial charge in [-0.15, -0.1) is 0 Å². The van der Waals surface area contributed by atoms with Gasteiger partial charge in [0.1, 0.15) is 5.69 Å². The molecule has 3 N–H and O–H groups in total. The van der Waals surface area contributed by atoms with Crippen molar-refractivity contribution in [3.63, 3.8) is 0 Å². The third kappa shape index (κ3) is 4.62. The Labute approximate surface area is 137 Å². The average molecular weight is 347 g/mol. The average Bonchev–Trinajstić information content (AvgIpc) is 3.02. The van der Waals surface area contributed by atoms with Crippen LogP contribution in [0.5, 0.6) is 0 Å². The highest BCUT2D eigenvalue weighted by atomic mass is 35.5. The standard InChI is InChI=1S/C15H17ClF2N2O3/c16-9-5-10(17)13(11(18)6-9)20-15(23)14(22)19-7-12(21)8-3-1-2-4-8/h5-6,8,12,21H,1-4,7H2,(H,19,22)(H,20,23). The van der Waals surface area contributed by atoms with Gasteiger partial charge in [0, 0.05) is 11.6 Å². The third-order valence-corrected chi connectivity index (χ3v) is 4.09. The summed E-state index contributed by atoms with van der Waals surface area (Å²) >= 11 is 5.47. The molecule has 1 aliphatic carbocycles. The van der Waals surface area contributed by atoms with Gasteiger partial charge in [0.2, 0.25) is 0 Å². The van der Waals surface area contributed by atoms with Crippen LogP contribution in [0.1, 0.15) is 25.7 Å². The van der Waals surface area contributed by atoms with E-state index in [0.717, 1.165) is 37.8 Å². The maximum atomic E-state index is 13.5. The van der Waals surface area contributed by atoms with Crippen LogP contribution in [0.3, 0.4) is 0 Å². The normalized spacial score (nSPS) is 16.2. The first kappa shape index (κ1) is 17.6. The molecule has 0 radical (unpaired) electrons. The number of aliphatic hydroxyl groups is 1. The monoisotopic (exact) mass is 346 g/mol. The van der Waals surface area contributed by atoms with E-state index in [-0.39, 0.29) is 17.5 Å². The Morgan fingerprint density at radius 3 is 2.35 bits per heavy atom. The molecule has 126 valence electrons. The zero-order valence-corrected chi connectivity index (χ0v) is 13.0. The molecule has 1 atom stereocenters. The fraction of sp³-hybridized carbons (Fsp3) is 0.467. The zero-order valence-electron chi connectivity index (χ0n) is 12.2. The summed E-state index contributed by atoms with van der Waals surface area (Å²) in [6, 6.07) is 1.64. The van der Waals surface area contributed by atoms with Crippen LogP contribution < -0.4 is 10.6 Å². The zero-order chi connectivity index (χ0) is 17.0. The van der Waals surface area contributed by atoms with E-state index in [4.69, 9.17) is 11.6 Å². The van der Waals surface area contributed by atoms with Crippen molar-refractivity contribution < 1.29 is 23.5 Å². The van der Waals surface area contributed by atoms with E-state index in [1.807, 2.05) is 5.32 Å². The topological polar surface area (TPSA) is 78.4 Å². The van der Waals surface area contributed by atoms with Gasteiger partial charge in [-0.05, 0) is 30.9 Å². The number of benzene rings is 1. The van der Waals surface area contributed by atoms with Crippen LogP contribution in [0.4, 0.5) is 14.5 Å². The maximum Gasteiger partial charge on any atom is 0.313 e. The fourth-order valence-electron chi connectivity index (χ4n) is 2.62. The minimum Gasteiger partial charge on any atom is -0.391 e. The molecule has 0 spiro atoms. The number of nitrogens with one attached hydrogen (secondary N) is 2. The number of anilines is 1. The molecule has 2 amide bonds. The number of rotatable bonds is 4. The molecule has 0 aromatic heterocycles. The molecule has 1 aromatic rings. The molecule has 1 saturated carbocycles. The van der Waals surface area contributed by atoms with Crippen LogP contribution in [0.2, 0.25) is 5.02 Å². The number of carbonyl (C=O) groups is 2. The van der Waals surface area contributed by atoms with Gasteiger partial charge in [-0.3, -0.25) is 9.59 Å². The molecule has 1 aliphatic rings. The lowest BCUT2D eigenvalue weighted by molar-refractivity contribution is -0.136. The molecule has 0 heterocycles. The van der Waals surface area contributed by atoms with Crippen molar-refractivity contribution in [3.8, 4) is 0 Å². The lowest BCUT2D eigenvalue weighted by Crippen LogP contribution is -2.41. The van der Waals surface area contributed by atoms with Gasteiger partial charge in [-0.25, -0.2) is 8.78 Å². The first-order chi connectivity index (χ1) is 10.9. The van der Waals surface area contributed by atoms with Crippen molar-refractivity contribution in [2.45, 2.75) is 31.8 Å². The largest absolute Gasteiger partial charge is 0.391 e. The number of carbonyl (C=O) groups excluding carboxylic acids is 2. The minimum atomic E-state index is -1.22. The quantitative estimate of drug-likeness (QED) is 0.731. The summed E-state index contributed by atoms with van der Waals surface area (Å²) in [6.07, 6.45) is 3.09. The van der Waals surface area contributed by atoms with E-state index in [0.29, 0.717) is 0 Å². The summed E-state index contributed by atoms with van der Waals surface area (Å²) in [5.41, 5.74) is -0.745. The van der Waals surface area contributed by atoms with Crippen LogP contribution >= 0.6 is 11.6 Å². The van der Waals surface area contributed by atoms with Crippen molar-refractivity contribution in [2.75, 3.05) is 11.9 Å². The summed E-state index contributed by atoms with van der Waals surface area (Å²) in [5, 5.41) is 13.9. The predicted molar refractivity (Wildman–Crippen MR) is 81.0 cm³/mol. The Kier molecular flexibility index (Phi) is 5.90. The number of hydrogen-bond donors (Lipinski definition) is 3. The molecule has 0 bridgehead atoms. The van der Waals surface area contributed by atoms with Crippen molar-refractivity contribution in [3.05, 3.63) is 28.8 Å². The van der Waals surface area contributed by atoms with Crippen LogP contribution in [0, 0.1) is 17.6 Å². The molecule has 2 rings (SSSR count). The van der Waals surface area contributed by atoms with Gasteiger partial charge < -0.3 is 15.7 Å². The Hall–Kier alpha value is -1.73. The SMILES string of the molecule is O=C(NCC(O)C1CCCC1)C(=O)Nc1c(F)cc(Cl)cc1F. The first-order valence-corrected chi connectivity index (χ1v) is 7.68. The van der Waals surface area contributed by atoms with Crippen molar-refractivity contribution in [2.24, 2.45) is 5.92 Å². The molecule has 1 aromatic carbocycles. The number of aliphatic hydroxyl groups excluding tert-OH is 1. The van der Waals surface area contributed by atoms with E-state index in [2.05, 4.69) is 5.32 Å². The van der Waals surface area contributed by atoms with Crippen molar-refractivity contribution >= 4 is 29.1 Å². The fourth-order valence-corrected chi connectivity index (χ4v) is 2.81. The molecular formula is C15H17ClF2N2O3. The second kappa shape index (κ2) is 7.70. The predicted octanol–water partition coefficient (Wildman–Crippen LogP) is 2.22. The second-order valence-corrected chi connectivity index (χ2v) is 5.96. The highest BCUT2D eigenvalue weighted by Crippen LogP contribution is 2.27. The minimum absolute atomic E-state index is 0.0809. The van der Waals surface area contributed by atoms with Gasteiger partial charge in [-0.1, -0.05) is 24.4 Å². The van der Waals surface area contributed by atoms with Gasteiger partial charge in [-0.2, -0.15) is 0 Å². The molecule has 0 saturated heterocycles. The molecule has 0 aliphatic heterocycles. The molecule has 5 nitrogen and oxygen atoms in total. The molecular weight excluding hydrogens is 330 g/mol. The Bertz CT molecular complexity index is 583. The first-order valence-electron chi connectivity index (χ1n) is 7.30. The second-order valence-electron chi connectivity index (χ2n) is 5.52. The van der Waals surface area contributed by atoms with E-state index in [9.17, 15) is 23.5 Å². The number of amides is 2. The van der Waals surface area contributed by atoms with Crippen molar-refractivity contribution in [1.29, 1.82) is 0 Å². The highest BCUT2D eigenvalue weighted by Gasteiger charge is 2.25. The van der Waals surface area contributed by atoms with Crippen molar-refractivity contribution in [1.82, 2.24) is 5.32 Å².